The molecule has 0 aliphatic rings. The van der Waals surface area contributed by atoms with Gasteiger partial charge < -0.3 is 10.2 Å². The van der Waals surface area contributed by atoms with Gasteiger partial charge in [0.1, 0.15) is 11.5 Å². The van der Waals surface area contributed by atoms with Gasteiger partial charge >= 0.3 is 23.7 Å². The van der Waals surface area contributed by atoms with Crippen molar-refractivity contribution < 1.29 is 33.9 Å². The molecule has 0 aromatic heterocycles. The Hall–Kier alpha value is -6.13. The molecule has 0 atom stereocenters. The first-order valence-corrected chi connectivity index (χ1v) is 25.1. The average Bonchev–Trinajstić information content (AvgIpc) is 3.38. The molecule has 8 aromatic rings. The van der Waals surface area contributed by atoms with Gasteiger partial charge in [0.15, 0.2) is 0 Å². The van der Waals surface area contributed by atoms with Crippen LogP contribution in [0.15, 0.2) is 206 Å². The molecule has 0 amide bonds. The molecule has 0 heterocycles. The summed E-state index contributed by atoms with van der Waals surface area (Å²) < 4.78 is 8.25. The van der Waals surface area contributed by atoms with E-state index >= 15 is 0 Å². The molecule has 0 bridgehead atoms. The second-order valence-electron chi connectivity index (χ2n) is 21.7. The van der Waals surface area contributed by atoms with Crippen molar-refractivity contribution in [3.05, 3.63) is 273 Å². The summed E-state index contributed by atoms with van der Waals surface area (Å²) in [5.41, 5.74) is 12.3. The van der Waals surface area contributed by atoms with Gasteiger partial charge in [-0.15, -0.1) is 0 Å². The molecule has 70 heavy (non-hydrogen) atoms. The standard InChI is InChI=1S/2C33H36O.O.Ti/c2*1-31(2,24-16-10-7-11-17-24)27-22-23-28(34)30(33(5,6)26-20-14-9-15-21-26)29(27)32(3,4)25-18-12-8-13-19-25;;/h2*7-23,34H,1-6H3;;. The van der Waals surface area contributed by atoms with E-state index in [0.29, 0.717) is 11.5 Å². The molecule has 0 radical (unpaired) electrons. The van der Waals surface area contributed by atoms with Crippen LogP contribution >= 0.6 is 0 Å². The molecular weight excluding hydrogens is 889 g/mol. The number of rotatable bonds is 12. The Morgan fingerprint density at radius 3 is 0.614 bits per heavy atom. The summed E-state index contributed by atoms with van der Waals surface area (Å²) in [4.78, 5) is 0. The summed E-state index contributed by atoms with van der Waals surface area (Å²) in [5, 5.41) is 22.9. The van der Waals surface area contributed by atoms with Crippen molar-refractivity contribution in [1.29, 1.82) is 0 Å². The predicted molar refractivity (Wildman–Crippen MR) is 288 cm³/mol. The van der Waals surface area contributed by atoms with Crippen LogP contribution < -0.4 is 0 Å². The van der Waals surface area contributed by atoms with E-state index in [4.69, 9.17) is 3.32 Å². The topological polar surface area (TPSA) is 57.5 Å². The summed E-state index contributed by atoms with van der Waals surface area (Å²) >= 11 is 0.750. The van der Waals surface area contributed by atoms with Gasteiger partial charge in [-0.2, -0.15) is 0 Å². The Labute approximate surface area is 431 Å². The van der Waals surface area contributed by atoms with Crippen LogP contribution in [0.4, 0.5) is 0 Å². The van der Waals surface area contributed by atoms with Crippen LogP contribution in [0, 0.1) is 0 Å². The number of hydrogen-bond acceptors (Lipinski definition) is 3. The number of aromatic hydroxyl groups is 2. The SMILES string of the molecule is CC(C)(c1ccccc1)c1ccc(O)c(C(C)(C)c2ccccc2)c1C(C)(C)c1ccccc1.CC(C)(c1ccccc1)c1ccc(O)c(C(C)(C)c2ccccc2)c1C(C)(C)c1ccccc1.[O]=[Ti]. The van der Waals surface area contributed by atoms with Gasteiger partial charge in [0.2, 0.25) is 0 Å². The molecule has 0 aliphatic heterocycles. The molecule has 0 aliphatic carbocycles. The van der Waals surface area contributed by atoms with Crippen molar-refractivity contribution in [3.63, 3.8) is 0 Å². The summed E-state index contributed by atoms with van der Waals surface area (Å²) in [6, 6.07) is 71.8. The zero-order valence-corrected chi connectivity index (χ0v) is 45.0. The van der Waals surface area contributed by atoms with E-state index in [-0.39, 0.29) is 21.7 Å². The van der Waals surface area contributed by atoms with E-state index in [1.165, 1.54) is 55.6 Å². The molecule has 0 saturated carbocycles. The minimum absolute atomic E-state index is 0.252. The number of phenols is 2. The third-order valence-corrected chi connectivity index (χ3v) is 15.2. The molecule has 4 heteroatoms. The molecule has 8 rings (SSSR count). The monoisotopic (exact) mass is 960 g/mol. The van der Waals surface area contributed by atoms with E-state index in [1.54, 1.807) is 0 Å². The normalized spacial score (nSPS) is 12.2. The quantitative estimate of drug-likeness (QED) is 0.120. The molecular formula is C66H72O3Ti. The Kier molecular flexibility index (Phi) is 16.3. The number of phenolic OH excluding ortho intramolecular Hbond substituents is 2. The Morgan fingerprint density at radius 1 is 0.243 bits per heavy atom. The first-order valence-electron chi connectivity index (χ1n) is 24.4. The molecule has 0 fully saturated rings. The maximum absolute atomic E-state index is 11.5. The maximum atomic E-state index is 11.5. The van der Waals surface area contributed by atoms with Crippen molar-refractivity contribution in [2.24, 2.45) is 0 Å². The van der Waals surface area contributed by atoms with Crippen LogP contribution in [0.3, 0.4) is 0 Å². The summed E-state index contributed by atoms with van der Waals surface area (Å²) in [5.74, 6) is 0.695. The van der Waals surface area contributed by atoms with Gasteiger partial charge in [0.05, 0.1) is 0 Å². The van der Waals surface area contributed by atoms with Crippen LogP contribution in [0.2, 0.25) is 0 Å². The molecule has 358 valence electrons. The van der Waals surface area contributed by atoms with Crippen LogP contribution in [-0.2, 0) is 56.2 Å². The molecule has 2 N–H and O–H groups in total. The molecule has 0 saturated heterocycles. The van der Waals surface area contributed by atoms with Crippen molar-refractivity contribution >= 4 is 0 Å². The third-order valence-electron chi connectivity index (χ3n) is 15.2. The first kappa shape index (κ1) is 53.2. The zero-order valence-electron chi connectivity index (χ0n) is 43.4. The Balaban J connectivity index is 0.000000222. The fourth-order valence-corrected chi connectivity index (χ4v) is 10.8. The number of benzene rings is 8. The molecule has 0 spiro atoms. The molecule has 0 unspecified atom stereocenters. The van der Waals surface area contributed by atoms with Crippen LogP contribution in [0.5, 0.6) is 11.5 Å². The molecule has 8 aromatic carbocycles. The van der Waals surface area contributed by atoms with Gasteiger partial charge in [0.25, 0.3) is 0 Å². The minimum atomic E-state index is -0.393. The third kappa shape index (κ3) is 10.5. The van der Waals surface area contributed by atoms with Crippen LogP contribution in [0.1, 0.15) is 150 Å². The zero-order chi connectivity index (χ0) is 51.1. The van der Waals surface area contributed by atoms with E-state index in [2.05, 4.69) is 265 Å². The van der Waals surface area contributed by atoms with Gasteiger partial charge in [-0.25, -0.2) is 0 Å². The Bertz CT molecular complexity index is 2740. The van der Waals surface area contributed by atoms with Gasteiger partial charge in [-0.1, -0.05) is 277 Å². The van der Waals surface area contributed by atoms with E-state index < -0.39 is 10.8 Å². The van der Waals surface area contributed by atoms with E-state index in [1.807, 2.05) is 24.3 Å². The van der Waals surface area contributed by atoms with Gasteiger partial charge in [-0.05, 0) is 67.8 Å². The second kappa shape index (κ2) is 21.5. The summed E-state index contributed by atoms with van der Waals surface area (Å²) in [6.07, 6.45) is 0. The fraction of sp³-hybridized carbons (Fsp3) is 0.273. The van der Waals surface area contributed by atoms with Crippen molar-refractivity contribution in [2.75, 3.05) is 0 Å². The fourth-order valence-electron chi connectivity index (χ4n) is 10.8. The van der Waals surface area contributed by atoms with Gasteiger partial charge in [0, 0.05) is 43.6 Å². The average molecular weight is 961 g/mol. The van der Waals surface area contributed by atoms with Crippen molar-refractivity contribution in [1.82, 2.24) is 0 Å². The predicted octanol–water partition coefficient (Wildman–Crippen LogP) is 16.6. The first-order chi connectivity index (χ1) is 33.2. The van der Waals surface area contributed by atoms with Crippen LogP contribution in [0.25, 0.3) is 0 Å². The van der Waals surface area contributed by atoms with Crippen LogP contribution in [-0.4, -0.2) is 10.2 Å². The van der Waals surface area contributed by atoms with Gasteiger partial charge in [-0.3, -0.25) is 0 Å². The van der Waals surface area contributed by atoms with E-state index in [9.17, 15) is 10.2 Å². The summed E-state index contributed by atoms with van der Waals surface area (Å²) in [6.45, 7) is 27.2. The second-order valence-corrected chi connectivity index (χ2v) is 21.7. The van der Waals surface area contributed by atoms with E-state index in [0.717, 1.165) is 31.5 Å². The number of hydrogen-bond donors (Lipinski definition) is 2. The Morgan fingerprint density at radius 2 is 0.414 bits per heavy atom. The summed E-state index contributed by atoms with van der Waals surface area (Å²) in [7, 11) is 0. The molecule has 3 nitrogen and oxygen atoms in total. The van der Waals surface area contributed by atoms with Crippen molar-refractivity contribution in [3.8, 4) is 11.5 Å². The van der Waals surface area contributed by atoms with Crippen molar-refractivity contribution in [2.45, 2.75) is 116 Å².